The highest BCUT2D eigenvalue weighted by molar-refractivity contribution is 5.91. The van der Waals surface area contributed by atoms with Crippen LogP contribution in [-0.4, -0.2) is 43.7 Å². The Morgan fingerprint density at radius 1 is 1.37 bits per heavy atom. The summed E-state index contributed by atoms with van der Waals surface area (Å²) in [6.45, 7) is 6.87. The lowest BCUT2D eigenvalue weighted by atomic mass is 9.94. The zero-order chi connectivity index (χ0) is 19.1. The van der Waals surface area contributed by atoms with Gasteiger partial charge in [-0.05, 0) is 33.1 Å². The number of rotatable bonds is 3. The first kappa shape index (κ1) is 17.5. The first-order valence-corrected chi connectivity index (χ1v) is 9.31. The van der Waals surface area contributed by atoms with E-state index in [2.05, 4.69) is 15.2 Å². The van der Waals surface area contributed by atoms with Crippen molar-refractivity contribution in [1.82, 2.24) is 24.7 Å². The largest absolute Gasteiger partial charge is 0.351 e. The van der Waals surface area contributed by atoms with Gasteiger partial charge in [0.15, 0.2) is 5.65 Å². The normalized spacial score (nSPS) is 17.6. The van der Waals surface area contributed by atoms with Gasteiger partial charge in [0, 0.05) is 48.1 Å². The fraction of sp³-hybridized carbons (Fsp3) is 0.474. The number of carbonyl (C=O) groups is 1. The van der Waals surface area contributed by atoms with E-state index in [9.17, 15) is 9.59 Å². The highest BCUT2D eigenvalue weighted by Crippen LogP contribution is 2.27. The number of aromatic amines is 1. The quantitative estimate of drug-likeness (QED) is 0.763. The van der Waals surface area contributed by atoms with E-state index < -0.39 is 0 Å². The zero-order valence-corrected chi connectivity index (χ0v) is 15.8. The maximum Gasteiger partial charge on any atom is 0.292 e. The molecule has 0 unspecified atom stereocenters. The molecule has 1 fully saturated rings. The molecule has 0 aromatic carbocycles. The summed E-state index contributed by atoms with van der Waals surface area (Å²) in [7, 11) is 0. The predicted octanol–water partition coefficient (Wildman–Crippen LogP) is 2.21. The molecule has 3 aromatic rings. The van der Waals surface area contributed by atoms with E-state index in [4.69, 9.17) is 4.52 Å². The number of fused-ring (bicyclic) bond motifs is 1. The molecule has 0 radical (unpaired) electrons. The van der Waals surface area contributed by atoms with Crippen LogP contribution in [0.2, 0.25) is 0 Å². The second-order valence-corrected chi connectivity index (χ2v) is 7.16. The molecule has 142 valence electrons. The van der Waals surface area contributed by atoms with Crippen LogP contribution in [0.1, 0.15) is 58.9 Å². The van der Waals surface area contributed by atoms with Crippen molar-refractivity contribution in [2.24, 2.45) is 0 Å². The van der Waals surface area contributed by atoms with E-state index in [1.54, 1.807) is 17.9 Å². The summed E-state index contributed by atoms with van der Waals surface area (Å²) in [5.74, 6) is 0.250. The van der Waals surface area contributed by atoms with Crippen LogP contribution < -0.4 is 5.56 Å². The molecule has 8 nitrogen and oxygen atoms in total. The number of aromatic nitrogens is 4. The number of H-pyrrole nitrogens is 1. The van der Waals surface area contributed by atoms with Gasteiger partial charge in [-0.1, -0.05) is 12.1 Å². The molecule has 3 aromatic heterocycles. The van der Waals surface area contributed by atoms with Crippen LogP contribution >= 0.6 is 0 Å². The van der Waals surface area contributed by atoms with Crippen LogP contribution in [0.5, 0.6) is 0 Å². The van der Waals surface area contributed by atoms with Crippen molar-refractivity contribution in [2.75, 3.05) is 13.1 Å². The number of nitrogens with one attached hydrogen (secondary N) is 1. The van der Waals surface area contributed by atoms with Gasteiger partial charge in [-0.25, -0.2) is 9.50 Å². The minimum absolute atomic E-state index is 0.0490. The lowest BCUT2D eigenvalue weighted by Crippen LogP contribution is -2.39. The Kier molecular flexibility index (Phi) is 4.33. The smallest absolute Gasteiger partial charge is 0.292 e. The average Bonchev–Trinajstić information content (AvgIpc) is 3.28. The molecule has 1 N–H and O–H groups in total. The van der Waals surface area contributed by atoms with Crippen LogP contribution in [0.15, 0.2) is 21.5 Å². The average molecular weight is 369 g/mol. The zero-order valence-electron chi connectivity index (χ0n) is 15.8. The Balaban J connectivity index is 1.62. The molecule has 8 heteroatoms. The number of hydrogen-bond acceptors (Lipinski definition) is 5. The van der Waals surface area contributed by atoms with Gasteiger partial charge in [-0.2, -0.15) is 0 Å². The molecule has 1 saturated heterocycles. The first-order valence-electron chi connectivity index (χ1n) is 9.31. The van der Waals surface area contributed by atoms with Crippen LogP contribution in [0.4, 0.5) is 0 Å². The molecule has 0 spiro atoms. The maximum absolute atomic E-state index is 12.7. The summed E-state index contributed by atoms with van der Waals surface area (Å²) < 4.78 is 6.63. The lowest BCUT2D eigenvalue weighted by Gasteiger charge is -2.31. The first-order chi connectivity index (χ1) is 13.0. The number of likely N-dealkylation sites (tertiary alicyclic amines) is 1. The van der Waals surface area contributed by atoms with Crippen LogP contribution in [-0.2, 0) is 6.42 Å². The number of nitrogens with zero attached hydrogens (tertiary/aromatic N) is 4. The summed E-state index contributed by atoms with van der Waals surface area (Å²) in [6.07, 6.45) is 2.48. The van der Waals surface area contributed by atoms with Crippen molar-refractivity contribution in [3.63, 3.8) is 0 Å². The van der Waals surface area contributed by atoms with Gasteiger partial charge in [-0.3, -0.25) is 14.7 Å². The lowest BCUT2D eigenvalue weighted by molar-refractivity contribution is 0.0663. The third-order valence-electron chi connectivity index (χ3n) is 5.28. The van der Waals surface area contributed by atoms with E-state index in [0.717, 1.165) is 29.8 Å². The Hall–Kier alpha value is -2.90. The molecule has 1 aliphatic rings. The van der Waals surface area contributed by atoms with Crippen molar-refractivity contribution in [3.8, 4) is 0 Å². The van der Waals surface area contributed by atoms with E-state index in [0.29, 0.717) is 30.9 Å². The number of hydrogen-bond donors (Lipinski definition) is 1. The van der Waals surface area contributed by atoms with Crippen molar-refractivity contribution in [3.05, 3.63) is 50.9 Å². The highest BCUT2D eigenvalue weighted by Gasteiger charge is 2.28. The number of amides is 1. The van der Waals surface area contributed by atoms with E-state index >= 15 is 0 Å². The SMILES string of the molecule is CCc1c(C)nc2cc([C@@H]3CCCN(C(=O)c4cc(C)no4)C3)[nH]n2c1=O. The maximum atomic E-state index is 12.7. The molecule has 27 heavy (non-hydrogen) atoms. The van der Waals surface area contributed by atoms with Crippen LogP contribution in [0.25, 0.3) is 5.65 Å². The van der Waals surface area contributed by atoms with Gasteiger partial charge in [-0.15, -0.1) is 0 Å². The van der Waals surface area contributed by atoms with Crippen LogP contribution in [0, 0.1) is 13.8 Å². The fourth-order valence-corrected chi connectivity index (χ4v) is 3.84. The molecule has 0 bridgehead atoms. The summed E-state index contributed by atoms with van der Waals surface area (Å²) in [4.78, 5) is 31.6. The van der Waals surface area contributed by atoms with Crippen molar-refractivity contribution in [2.45, 2.75) is 46.0 Å². The second-order valence-electron chi connectivity index (χ2n) is 7.16. The number of piperidine rings is 1. The number of carbonyl (C=O) groups excluding carboxylic acids is 1. The van der Waals surface area contributed by atoms with E-state index in [1.165, 1.54) is 4.52 Å². The van der Waals surface area contributed by atoms with Gasteiger partial charge in [0.25, 0.3) is 11.5 Å². The van der Waals surface area contributed by atoms with E-state index in [-0.39, 0.29) is 23.1 Å². The summed E-state index contributed by atoms with van der Waals surface area (Å²) in [5.41, 5.74) is 3.69. The monoisotopic (exact) mass is 369 g/mol. The predicted molar refractivity (Wildman–Crippen MR) is 99.0 cm³/mol. The highest BCUT2D eigenvalue weighted by atomic mass is 16.5. The van der Waals surface area contributed by atoms with Gasteiger partial charge in [0.05, 0.1) is 5.69 Å². The van der Waals surface area contributed by atoms with Crippen molar-refractivity contribution < 1.29 is 9.32 Å². The molecule has 1 amide bonds. The second kappa shape index (κ2) is 6.68. The molecule has 4 rings (SSSR count). The minimum atomic E-state index is -0.143. The molecular formula is C19H23N5O3. The van der Waals surface area contributed by atoms with Gasteiger partial charge < -0.3 is 9.42 Å². The van der Waals surface area contributed by atoms with E-state index in [1.807, 2.05) is 19.9 Å². The third kappa shape index (κ3) is 3.05. The summed E-state index contributed by atoms with van der Waals surface area (Å²) >= 11 is 0. The topological polar surface area (TPSA) is 96.5 Å². The Morgan fingerprint density at radius 2 is 2.19 bits per heavy atom. The molecule has 0 saturated carbocycles. The van der Waals surface area contributed by atoms with Gasteiger partial charge in [0.2, 0.25) is 5.76 Å². The summed E-state index contributed by atoms with van der Waals surface area (Å²) in [6, 6.07) is 3.58. The molecule has 1 atom stereocenters. The molecule has 0 aliphatic carbocycles. The Bertz CT molecular complexity index is 1060. The van der Waals surface area contributed by atoms with Crippen molar-refractivity contribution >= 4 is 11.6 Å². The van der Waals surface area contributed by atoms with Crippen LogP contribution in [0.3, 0.4) is 0 Å². The summed E-state index contributed by atoms with van der Waals surface area (Å²) in [5, 5.41) is 7.00. The molecular weight excluding hydrogens is 346 g/mol. The Labute approximate surface area is 156 Å². The molecule has 1 aliphatic heterocycles. The molecule has 4 heterocycles. The van der Waals surface area contributed by atoms with Gasteiger partial charge >= 0.3 is 0 Å². The fourth-order valence-electron chi connectivity index (χ4n) is 3.84. The van der Waals surface area contributed by atoms with Gasteiger partial charge in [0.1, 0.15) is 0 Å². The standard InChI is InChI=1S/C19H23N5O3/c1-4-14-12(3)20-17-9-15(21-24(17)18(14)25)13-6-5-7-23(10-13)19(26)16-8-11(2)22-27-16/h8-9,13,21H,4-7,10H2,1-3H3/t13-/m1/s1. The Morgan fingerprint density at radius 3 is 2.89 bits per heavy atom. The number of aryl methyl sites for hydroxylation is 2. The third-order valence-corrected chi connectivity index (χ3v) is 5.28. The van der Waals surface area contributed by atoms with Crippen molar-refractivity contribution in [1.29, 1.82) is 0 Å². The minimum Gasteiger partial charge on any atom is -0.351 e.